The van der Waals surface area contributed by atoms with Gasteiger partial charge in [-0.3, -0.25) is 9.59 Å². The second-order valence-electron chi connectivity index (χ2n) is 4.47. The maximum atomic E-state index is 12.6. The normalized spacial score (nSPS) is 19.5. The van der Waals surface area contributed by atoms with E-state index in [1.807, 2.05) is 0 Å². The van der Waals surface area contributed by atoms with Gasteiger partial charge < -0.3 is 10.6 Å². The Kier molecular flexibility index (Phi) is 3.77. The van der Waals surface area contributed by atoms with Crippen molar-refractivity contribution in [1.29, 1.82) is 0 Å². The molecule has 20 heavy (non-hydrogen) atoms. The SMILES string of the molecule is NC(=O)C1CC(=O)N(c2ccc(C(F)(F)F)c(Br)c2)C1. The number of nitrogens with zero attached hydrogens (tertiary/aromatic N) is 1. The number of halogens is 4. The van der Waals surface area contributed by atoms with Gasteiger partial charge >= 0.3 is 6.18 Å². The molecule has 2 amide bonds. The first-order valence-corrected chi connectivity index (χ1v) is 6.46. The molecule has 0 bridgehead atoms. The average molecular weight is 351 g/mol. The molecule has 1 saturated heterocycles. The maximum absolute atomic E-state index is 12.6. The lowest BCUT2D eigenvalue weighted by Gasteiger charge is -2.18. The number of primary amides is 1. The van der Waals surface area contributed by atoms with Crippen molar-refractivity contribution in [1.82, 2.24) is 0 Å². The second kappa shape index (κ2) is 5.08. The van der Waals surface area contributed by atoms with Crippen LogP contribution in [0.3, 0.4) is 0 Å². The third-order valence-corrected chi connectivity index (χ3v) is 3.75. The molecule has 2 N–H and O–H groups in total. The highest BCUT2D eigenvalue weighted by molar-refractivity contribution is 9.10. The summed E-state index contributed by atoms with van der Waals surface area (Å²) in [6.45, 7) is 0.0893. The van der Waals surface area contributed by atoms with E-state index in [0.29, 0.717) is 5.69 Å². The lowest BCUT2D eigenvalue weighted by molar-refractivity contribution is -0.138. The van der Waals surface area contributed by atoms with Crippen LogP contribution in [0.2, 0.25) is 0 Å². The molecule has 0 aromatic heterocycles. The molecule has 1 aromatic rings. The number of hydrogen-bond donors (Lipinski definition) is 1. The summed E-state index contributed by atoms with van der Waals surface area (Å²) in [5, 5.41) is 0. The summed E-state index contributed by atoms with van der Waals surface area (Å²) in [6, 6.07) is 3.31. The topological polar surface area (TPSA) is 63.4 Å². The van der Waals surface area contributed by atoms with Gasteiger partial charge in [-0.15, -0.1) is 0 Å². The van der Waals surface area contributed by atoms with Crippen molar-refractivity contribution in [2.45, 2.75) is 12.6 Å². The fourth-order valence-corrected chi connectivity index (χ4v) is 2.64. The highest BCUT2D eigenvalue weighted by atomic mass is 79.9. The van der Waals surface area contributed by atoms with E-state index in [4.69, 9.17) is 5.73 Å². The fourth-order valence-electron chi connectivity index (χ4n) is 2.05. The Balaban J connectivity index is 2.29. The predicted octanol–water partition coefficient (Wildman–Crippen LogP) is 2.31. The monoisotopic (exact) mass is 350 g/mol. The molecule has 1 aliphatic rings. The summed E-state index contributed by atoms with van der Waals surface area (Å²) in [5.41, 5.74) is 4.62. The highest BCUT2D eigenvalue weighted by Gasteiger charge is 2.36. The Morgan fingerprint density at radius 1 is 1.40 bits per heavy atom. The van der Waals surface area contributed by atoms with Crippen LogP contribution in [0.15, 0.2) is 22.7 Å². The molecule has 1 fully saturated rings. The zero-order valence-electron chi connectivity index (χ0n) is 10.1. The molecule has 0 aliphatic carbocycles. The van der Waals surface area contributed by atoms with Crippen LogP contribution in [0, 0.1) is 5.92 Å². The minimum absolute atomic E-state index is 0.0199. The first kappa shape index (κ1) is 14.8. The van der Waals surface area contributed by atoms with E-state index in [0.717, 1.165) is 6.07 Å². The minimum Gasteiger partial charge on any atom is -0.369 e. The summed E-state index contributed by atoms with van der Waals surface area (Å²) in [5.74, 6) is -1.53. The van der Waals surface area contributed by atoms with Gasteiger partial charge in [0.05, 0.1) is 11.5 Å². The quantitative estimate of drug-likeness (QED) is 0.889. The molecule has 1 aliphatic heterocycles. The molecular formula is C12H10BrF3N2O2. The standard InChI is InChI=1S/C12H10BrF3N2O2/c13-9-4-7(1-2-8(9)12(14,15)16)18-5-6(11(17)20)3-10(18)19/h1-2,4,6H,3,5H2,(H2,17,20). The van der Waals surface area contributed by atoms with E-state index >= 15 is 0 Å². The van der Waals surface area contributed by atoms with E-state index in [1.165, 1.54) is 17.0 Å². The number of hydrogen-bond acceptors (Lipinski definition) is 2. The Morgan fingerprint density at radius 3 is 2.50 bits per heavy atom. The van der Waals surface area contributed by atoms with E-state index in [-0.39, 0.29) is 23.3 Å². The van der Waals surface area contributed by atoms with Crippen LogP contribution in [0.1, 0.15) is 12.0 Å². The molecule has 1 heterocycles. The summed E-state index contributed by atoms with van der Waals surface area (Å²) in [4.78, 5) is 24.1. The number of carbonyl (C=O) groups is 2. The molecule has 0 radical (unpaired) electrons. The van der Waals surface area contributed by atoms with Crippen molar-refractivity contribution in [3.05, 3.63) is 28.2 Å². The number of amides is 2. The molecule has 1 unspecified atom stereocenters. The van der Waals surface area contributed by atoms with Crippen LogP contribution >= 0.6 is 15.9 Å². The fraction of sp³-hybridized carbons (Fsp3) is 0.333. The van der Waals surface area contributed by atoms with Crippen molar-refractivity contribution >= 4 is 33.4 Å². The molecule has 8 heteroatoms. The summed E-state index contributed by atoms with van der Waals surface area (Å²) >= 11 is 2.84. The van der Waals surface area contributed by atoms with Crippen LogP contribution in [-0.2, 0) is 15.8 Å². The van der Waals surface area contributed by atoms with Gasteiger partial charge in [0.15, 0.2) is 0 Å². The van der Waals surface area contributed by atoms with Crippen LogP contribution < -0.4 is 10.6 Å². The van der Waals surface area contributed by atoms with E-state index < -0.39 is 23.6 Å². The molecule has 2 rings (SSSR count). The smallest absolute Gasteiger partial charge is 0.369 e. The van der Waals surface area contributed by atoms with Crippen LogP contribution in [0.25, 0.3) is 0 Å². The first-order chi connectivity index (χ1) is 9.20. The van der Waals surface area contributed by atoms with Crippen molar-refractivity contribution in [3.63, 3.8) is 0 Å². The largest absolute Gasteiger partial charge is 0.417 e. The number of benzene rings is 1. The molecule has 4 nitrogen and oxygen atoms in total. The number of rotatable bonds is 2. The highest BCUT2D eigenvalue weighted by Crippen LogP contribution is 2.37. The molecule has 0 spiro atoms. The van der Waals surface area contributed by atoms with Gasteiger partial charge in [-0.25, -0.2) is 0 Å². The lowest BCUT2D eigenvalue weighted by Crippen LogP contribution is -2.28. The van der Waals surface area contributed by atoms with Crippen molar-refractivity contribution in [3.8, 4) is 0 Å². The molecule has 108 valence electrons. The third-order valence-electron chi connectivity index (χ3n) is 3.10. The van der Waals surface area contributed by atoms with Crippen LogP contribution in [-0.4, -0.2) is 18.4 Å². The zero-order chi connectivity index (χ0) is 15.1. The predicted molar refractivity (Wildman–Crippen MR) is 68.8 cm³/mol. The Labute approximate surface area is 120 Å². The Hall–Kier alpha value is -1.57. The second-order valence-corrected chi connectivity index (χ2v) is 5.32. The summed E-state index contributed by atoms with van der Waals surface area (Å²) < 4.78 is 37.7. The average Bonchev–Trinajstić information content (AvgIpc) is 2.69. The van der Waals surface area contributed by atoms with Gasteiger partial charge in [0.2, 0.25) is 11.8 Å². The lowest BCUT2D eigenvalue weighted by atomic mass is 10.1. The molecular weight excluding hydrogens is 341 g/mol. The number of alkyl halides is 3. The van der Waals surface area contributed by atoms with Crippen molar-refractivity contribution in [2.24, 2.45) is 11.7 Å². The number of anilines is 1. The van der Waals surface area contributed by atoms with Gasteiger partial charge in [-0.1, -0.05) is 15.9 Å². The van der Waals surface area contributed by atoms with Gasteiger partial charge in [-0.05, 0) is 18.2 Å². The minimum atomic E-state index is -4.47. The van der Waals surface area contributed by atoms with Crippen molar-refractivity contribution in [2.75, 3.05) is 11.4 Å². The first-order valence-electron chi connectivity index (χ1n) is 5.66. The summed E-state index contributed by atoms with van der Waals surface area (Å²) in [7, 11) is 0. The van der Waals surface area contributed by atoms with Crippen molar-refractivity contribution < 1.29 is 22.8 Å². The van der Waals surface area contributed by atoms with Gasteiger partial charge in [0, 0.05) is 23.1 Å². The van der Waals surface area contributed by atoms with Gasteiger partial charge in [-0.2, -0.15) is 13.2 Å². The molecule has 1 atom stereocenters. The Morgan fingerprint density at radius 2 is 2.05 bits per heavy atom. The van der Waals surface area contributed by atoms with Gasteiger partial charge in [0.1, 0.15) is 0 Å². The number of carbonyl (C=O) groups excluding carboxylic acids is 2. The van der Waals surface area contributed by atoms with E-state index in [1.54, 1.807) is 0 Å². The summed E-state index contributed by atoms with van der Waals surface area (Å²) in [6.07, 6.45) is -4.49. The van der Waals surface area contributed by atoms with E-state index in [2.05, 4.69) is 15.9 Å². The molecule has 1 aromatic carbocycles. The van der Waals surface area contributed by atoms with E-state index in [9.17, 15) is 22.8 Å². The molecule has 0 saturated carbocycles. The maximum Gasteiger partial charge on any atom is 0.417 e. The van der Waals surface area contributed by atoms with Crippen LogP contribution in [0.5, 0.6) is 0 Å². The van der Waals surface area contributed by atoms with Gasteiger partial charge in [0.25, 0.3) is 0 Å². The zero-order valence-corrected chi connectivity index (χ0v) is 11.7. The third kappa shape index (κ3) is 2.79. The Bertz CT molecular complexity index is 574. The number of nitrogens with two attached hydrogens (primary N) is 1. The van der Waals surface area contributed by atoms with Crippen LogP contribution in [0.4, 0.5) is 18.9 Å².